The minimum Gasteiger partial charge on any atom is -0.508 e. The molecule has 0 radical (unpaired) electrons. The quantitative estimate of drug-likeness (QED) is 0.937. The predicted molar refractivity (Wildman–Crippen MR) is 80.3 cm³/mol. The van der Waals surface area contributed by atoms with Crippen LogP contribution in [0.4, 0.5) is 0 Å². The smallest absolute Gasteiger partial charge is 0.254 e. The lowest BCUT2D eigenvalue weighted by molar-refractivity contribution is 0.0741. The van der Waals surface area contributed by atoms with Crippen molar-refractivity contribution in [2.75, 3.05) is 7.05 Å². The van der Waals surface area contributed by atoms with Crippen molar-refractivity contribution in [3.05, 3.63) is 64.1 Å². The molecular weight excluding hydrogens is 268 g/mol. The first-order valence-electron chi connectivity index (χ1n) is 6.63. The maximum absolute atomic E-state index is 12.4. The summed E-state index contributed by atoms with van der Waals surface area (Å²) in [5, 5.41) is 9.87. The molecule has 0 aliphatic carbocycles. The van der Waals surface area contributed by atoms with Crippen LogP contribution in [0.1, 0.15) is 28.9 Å². The number of pyridine rings is 1. The van der Waals surface area contributed by atoms with Gasteiger partial charge in [0.15, 0.2) is 0 Å². The van der Waals surface area contributed by atoms with Gasteiger partial charge >= 0.3 is 0 Å². The largest absolute Gasteiger partial charge is 0.508 e. The Kier molecular flexibility index (Phi) is 4.12. The fourth-order valence-electron chi connectivity index (χ4n) is 2.11. The number of hydrogen-bond donors (Lipinski definition) is 1. The molecule has 2 aromatic rings. The summed E-state index contributed by atoms with van der Waals surface area (Å²) >= 11 is 0. The number of nitrogens with zero attached hydrogens (tertiary/aromatic N) is 2. The highest BCUT2D eigenvalue weighted by molar-refractivity contribution is 5.94. The molecule has 2 rings (SSSR count). The van der Waals surface area contributed by atoms with Crippen molar-refractivity contribution in [1.29, 1.82) is 0 Å². The zero-order chi connectivity index (χ0) is 15.6. The number of carbonyl (C=O) groups is 1. The summed E-state index contributed by atoms with van der Waals surface area (Å²) in [5.41, 5.74) is 0.768. The molecule has 0 fully saturated rings. The molecule has 5 heteroatoms. The second-order valence-electron chi connectivity index (χ2n) is 5.02. The van der Waals surface area contributed by atoms with Crippen molar-refractivity contribution in [2.45, 2.75) is 13.0 Å². The Morgan fingerprint density at radius 3 is 2.57 bits per heavy atom. The molecule has 0 aliphatic rings. The lowest BCUT2D eigenvalue weighted by atomic mass is 10.1. The van der Waals surface area contributed by atoms with Crippen LogP contribution < -0.4 is 5.56 Å². The van der Waals surface area contributed by atoms with E-state index >= 15 is 0 Å². The second kappa shape index (κ2) is 5.83. The summed E-state index contributed by atoms with van der Waals surface area (Å²) in [5.74, 6) is -0.114. The van der Waals surface area contributed by atoms with Crippen LogP contribution in [0.25, 0.3) is 0 Å². The van der Waals surface area contributed by atoms with Gasteiger partial charge in [0.05, 0.1) is 6.04 Å². The first-order chi connectivity index (χ1) is 9.91. The number of phenols is 1. The van der Waals surface area contributed by atoms with Gasteiger partial charge in [-0.15, -0.1) is 0 Å². The summed E-state index contributed by atoms with van der Waals surface area (Å²) < 4.78 is 1.41. The number of benzene rings is 1. The Morgan fingerprint density at radius 2 is 1.95 bits per heavy atom. The molecular formula is C16H18N2O3. The number of para-hydroxylation sites is 1. The van der Waals surface area contributed by atoms with Crippen LogP contribution in [0.15, 0.2) is 47.4 Å². The maximum atomic E-state index is 12.4. The van der Waals surface area contributed by atoms with Gasteiger partial charge in [0.1, 0.15) is 5.75 Å². The van der Waals surface area contributed by atoms with Crippen LogP contribution >= 0.6 is 0 Å². The zero-order valence-electron chi connectivity index (χ0n) is 12.3. The number of aromatic hydroxyl groups is 1. The standard InChI is InChI=1S/C16H18N2O3/c1-11(13-6-4-5-7-14(13)19)18(3)16(21)12-8-9-17(2)15(20)10-12/h4-11,19H,1-3H3. The minimum atomic E-state index is -0.303. The monoisotopic (exact) mass is 286 g/mol. The third-order valence-electron chi connectivity index (χ3n) is 3.64. The van der Waals surface area contributed by atoms with Crippen LogP contribution in [0, 0.1) is 0 Å². The molecule has 110 valence electrons. The molecule has 1 aromatic carbocycles. The molecule has 5 nitrogen and oxygen atoms in total. The maximum Gasteiger partial charge on any atom is 0.254 e. The lowest BCUT2D eigenvalue weighted by Gasteiger charge is -2.26. The van der Waals surface area contributed by atoms with E-state index in [1.54, 1.807) is 44.6 Å². The van der Waals surface area contributed by atoms with Crippen LogP contribution in [-0.2, 0) is 7.05 Å². The molecule has 0 aliphatic heterocycles. The first-order valence-corrected chi connectivity index (χ1v) is 6.63. The summed E-state index contributed by atoms with van der Waals surface area (Å²) in [7, 11) is 3.28. The van der Waals surface area contributed by atoms with Gasteiger partial charge in [0.25, 0.3) is 11.5 Å². The molecule has 1 aromatic heterocycles. The SMILES string of the molecule is CC(c1ccccc1O)N(C)C(=O)c1ccn(C)c(=O)c1. The highest BCUT2D eigenvalue weighted by atomic mass is 16.3. The van der Waals surface area contributed by atoms with Gasteiger partial charge in [-0.1, -0.05) is 18.2 Å². The molecule has 0 spiro atoms. The molecule has 0 saturated carbocycles. The van der Waals surface area contributed by atoms with Crippen molar-refractivity contribution < 1.29 is 9.90 Å². The highest BCUT2D eigenvalue weighted by Crippen LogP contribution is 2.27. The molecule has 0 bridgehead atoms. The van der Waals surface area contributed by atoms with E-state index in [4.69, 9.17) is 0 Å². The van der Waals surface area contributed by atoms with Crippen molar-refractivity contribution >= 4 is 5.91 Å². The van der Waals surface area contributed by atoms with Gasteiger partial charge in [-0.3, -0.25) is 9.59 Å². The molecule has 0 saturated heterocycles. The number of aryl methyl sites for hydroxylation is 1. The Hall–Kier alpha value is -2.56. The van der Waals surface area contributed by atoms with E-state index in [0.717, 1.165) is 0 Å². The third kappa shape index (κ3) is 2.97. The zero-order valence-corrected chi connectivity index (χ0v) is 12.3. The number of aromatic nitrogens is 1. The number of phenolic OH excluding ortho intramolecular Hbond substituents is 1. The molecule has 21 heavy (non-hydrogen) atoms. The minimum absolute atomic E-state index is 0.147. The first kappa shape index (κ1) is 14.8. The molecule has 1 unspecified atom stereocenters. The number of carbonyl (C=O) groups excluding carboxylic acids is 1. The van der Waals surface area contributed by atoms with E-state index in [2.05, 4.69) is 0 Å². The average molecular weight is 286 g/mol. The average Bonchev–Trinajstić information content (AvgIpc) is 2.48. The molecule has 1 heterocycles. The van der Waals surface area contributed by atoms with Gasteiger partial charge in [0, 0.05) is 37.5 Å². The number of hydrogen-bond acceptors (Lipinski definition) is 3. The van der Waals surface area contributed by atoms with Gasteiger partial charge in [-0.2, -0.15) is 0 Å². The van der Waals surface area contributed by atoms with E-state index < -0.39 is 0 Å². The summed E-state index contributed by atoms with van der Waals surface area (Å²) in [6, 6.07) is 9.52. The van der Waals surface area contributed by atoms with Crippen molar-refractivity contribution in [2.24, 2.45) is 7.05 Å². The van der Waals surface area contributed by atoms with E-state index in [0.29, 0.717) is 11.1 Å². The number of amides is 1. The Balaban J connectivity index is 2.28. The van der Waals surface area contributed by atoms with Gasteiger partial charge in [-0.25, -0.2) is 0 Å². The van der Waals surface area contributed by atoms with Crippen LogP contribution in [0.2, 0.25) is 0 Å². The van der Waals surface area contributed by atoms with Gasteiger partial charge < -0.3 is 14.6 Å². The van der Waals surface area contributed by atoms with Crippen LogP contribution in [-0.4, -0.2) is 27.5 Å². The Bertz CT molecular complexity index is 721. The van der Waals surface area contributed by atoms with Crippen LogP contribution in [0.5, 0.6) is 5.75 Å². The normalized spacial score (nSPS) is 12.0. The molecule has 1 amide bonds. The number of rotatable bonds is 3. The third-order valence-corrected chi connectivity index (χ3v) is 3.64. The Morgan fingerprint density at radius 1 is 1.29 bits per heavy atom. The van der Waals surface area contributed by atoms with E-state index in [1.807, 2.05) is 13.0 Å². The van der Waals surface area contributed by atoms with Gasteiger partial charge in [-0.05, 0) is 19.1 Å². The van der Waals surface area contributed by atoms with Crippen molar-refractivity contribution in [1.82, 2.24) is 9.47 Å². The summed E-state index contributed by atoms with van der Waals surface area (Å²) in [6.45, 7) is 1.83. The topological polar surface area (TPSA) is 62.5 Å². The van der Waals surface area contributed by atoms with E-state index in [1.165, 1.54) is 15.5 Å². The lowest BCUT2D eigenvalue weighted by Crippen LogP contribution is -2.31. The van der Waals surface area contributed by atoms with Crippen LogP contribution in [0.3, 0.4) is 0 Å². The Labute approximate surface area is 123 Å². The van der Waals surface area contributed by atoms with Gasteiger partial charge in [0.2, 0.25) is 0 Å². The van der Waals surface area contributed by atoms with E-state index in [9.17, 15) is 14.7 Å². The predicted octanol–water partition coefficient (Wildman–Crippen LogP) is 1.92. The molecule has 1 atom stereocenters. The van der Waals surface area contributed by atoms with Crippen molar-refractivity contribution in [3.8, 4) is 5.75 Å². The fourth-order valence-corrected chi connectivity index (χ4v) is 2.11. The summed E-state index contributed by atoms with van der Waals surface area (Å²) in [6.07, 6.45) is 1.56. The van der Waals surface area contributed by atoms with Crippen molar-refractivity contribution in [3.63, 3.8) is 0 Å². The highest BCUT2D eigenvalue weighted by Gasteiger charge is 2.21. The summed E-state index contributed by atoms with van der Waals surface area (Å²) in [4.78, 5) is 25.5. The van der Waals surface area contributed by atoms with E-state index in [-0.39, 0.29) is 23.3 Å². The fraction of sp³-hybridized carbons (Fsp3) is 0.250. The second-order valence-corrected chi connectivity index (χ2v) is 5.02. The molecule has 1 N–H and O–H groups in total.